The minimum atomic E-state index is -1.45. The fourth-order valence-corrected chi connectivity index (χ4v) is 1.70. The molecule has 2 atom stereocenters. The molecule has 1 aromatic rings. The second-order valence-corrected chi connectivity index (χ2v) is 4.13. The minimum Gasteiger partial charge on any atom is -0.487 e. The van der Waals surface area contributed by atoms with Gasteiger partial charge in [-0.3, -0.25) is 9.59 Å². The van der Waals surface area contributed by atoms with Gasteiger partial charge in [0, 0.05) is 6.07 Å². The number of fused-ring (bicyclic) bond motifs is 1. The molecule has 0 aromatic heterocycles. The predicted molar refractivity (Wildman–Crippen MR) is 64.8 cm³/mol. The number of aliphatic carboxylic acids is 2. The first-order valence-electron chi connectivity index (χ1n) is 5.74. The van der Waals surface area contributed by atoms with Crippen LogP contribution in [-0.2, 0) is 9.59 Å². The SMILES string of the molecule is NC(C(=O)O)C(CC(=O)O)Oc1ccc2c(c1)OCO2. The fraction of sp³-hybridized carbons (Fsp3) is 0.333. The Bertz CT molecular complexity index is 531. The second-order valence-electron chi connectivity index (χ2n) is 4.13. The number of hydrogen-bond acceptors (Lipinski definition) is 6. The molecule has 0 saturated heterocycles. The summed E-state index contributed by atoms with van der Waals surface area (Å²) in [5.41, 5.74) is 5.43. The lowest BCUT2D eigenvalue weighted by Crippen LogP contribution is -2.46. The van der Waals surface area contributed by atoms with E-state index in [-0.39, 0.29) is 12.5 Å². The van der Waals surface area contributed by atoms with Gasteiger partial charge in [-0.1, -0.05) is 0 Å². The molecule has 0 spiro atoms. The number of carboxylic acids is 2. The smallest absolute Gasteiger partial charge is 0.324 e. The van der Waals surface area contributed by atoms with Crippen LogP contribution in [0.2, 0.25) is 0 Å². The zero-order valence-corrected chi connectivity index (χ0v) is 10.3. The molecule has 0 fully saturated rings. The quantitative estimate of drug-likeness (QED) is 0.668. The van der Waals surface area contributed by atoms with Crippen LogP contribution in [-0.4, -0.2) is 41.1 Å². The monoisotopic (exact) mass is 283 g/mol. The Labute approximate surface area is 113 Å². The number of nitrogens with two attached hydrogens (primary N) is 1. The maximum absolute atomic E-state index is 10.9. The Morgan fingerprint density at radius 2 is 2.00 bits per heavy atom. The number of benzene rings is 1. The van der Waals surface area contributed by atoms with Gasteiger partial charge in [-0.15, -0.1) is 0 Å². The van der Waals surface area contributed by atoms with E-state index in [9.17, 15) is 9.59 Å². The van der Waals surface area contributed by atoms with Crippen molar-refractivity contribution in [2.75, 3.05) is 6.79 Å². The molecule has 0 aliphatic carbocycles. The van der Waals surface area contributed by atoms with Crippen molar-refractivity contribution in [3.05, 3.63) is 18.2 Å². The topological polar surface area (TPSA) is 128 Å². The van der Waals surface area contributed by atoms with Gasteiger partial charge in [0.15, 0.2) is 11.5 Å². The molecule has 8 nitrogen and oxygen atoms in total. The van der Waals surface area contributed by atoms with Gasteiger partial charge in [0.1, 0.15) is 17.9 Å². The van der Waals surface area contributed by atoms with Crippen molar-refractivity contribution in [2.24, 2.45) is 5.73 Å². The van der Waals surface area contributed by atoms with Crippen LogP contribution in [0.1, 0.15) is 6.42 Å². The first-order valence-corrected chi connectivity index (χ1v) is 5.74. The van der Waals surface area contributed by atoms with Gasteiger partial charge in [-0.2, -0.15) is 0 Å². The Kier molecular flexibility index (Phi) is 3.94. The van der Waals surface area contributed by atoms with E-state index in [2.05, 4.69) is 0 Å². The maximum atomic E-state index is 10.9. The van der Waals surface area contributed by atoms with Gasteiger partial charge in [0.2, 0.25) is 6.79 Å². The third kappa shape index (κ3) is 3.09. The normalized spacial score (nSPS) is 15.4. The summed E-state index contributed by atoms with van der Waals surface area (Å²) in [6.07, 6.45) is -1.72. The van der Waals surface area contributed by atoms with Crippen LogP contribution in [0.3, 0.4) is 0 Å². The molecular formula is C12H13NO7. The van der Waals surface area contributed by atoms with Crippen molar-refractivity contribution in [3.63, 3.8) is 0 Å². The van der Waals surface area contributed by atoms with E-state index in [0.717, 1.165) is 0 Å². The summed E-state index contributed by atoms with van der Waals surface area (Å²) in [6, 6.07) is 3.15. The van der Waals surface area contributed by atoms with Crippen LogP contribution < -0.4 is 19.9 Å². The molecule has 108 valence electrons. The summed E-state index contributed by atoms with van der Waals surface area (Å²) in [5.74, 6) is -1.29. The van der Waals surface area contributed by atoms with E-state index in [0.29, 0.717) is 11.5 Å². The van der Waals surface area contributed by atoms with Gasteiger partial charge in [0.05, 0.1) is 6.42 Å². The highest BCUT2D eigenvalue weighted by atomic mass is 16.7. The Morgan fingerprint density at radius 1 is 1.30 bits per heavy atom. The van der Waals surface area contributed by atoms with E-state index in [4.69, 9.17) is 30.2 Å². The summed E-state index contributed by atoms with van der Waals surface area (Å²) in [7, 11) is 0. The predicted octanol–water partition coefficient (Wildman–Crippen LogP) is 0.0493. The van der Waals surface area contributed by atoms with Crippen LogP contribution in [0, 0.1) is 0 Å². The van der Waals surface area contributed by atoms with Gasteiger partial charge >= 0.3 is 11.9 Å². The first kappa shape index (κ1) is 13.9. The Balaban J connectivity index is 2.14. The van der Waals surface area contributed by atoms with Crippen LogP contribution in [0.15, 0.2) is 18.2 Å². The lowest BCUT2D eigenvalue weighted by Gasteiger charge is -2.21. The molecule has 0 saturated carbocycles. The van der Waals surface area contributed by atoms with Crippen molar-refractivity contribution in [3.8, 4) is 17.2 Å². The molecule has 2 unspecified atom stereocenters. The van der Waals surface area contributed by atoms with Crippen LogP contribution in [0.25, 0.3) is 0 Å². The number of hydrogen-bond donors (Lipinski definition) is 3. The van der Waals surface area contributed by atoms with Crippen molar-refractivity contribution >= 4 is 11.9 Å². The molecule has 1 aromatic carbocycles. The minimum absolute atomic E-state index is 0.0893. The Morgan fingerprint density at radius 3 is 2.65 bits per heavy atom. The molecule has 20 heavy (non-hydrogen) atoms. The summed E-state index contributed by atoms with van der Waals surface area (Å²) >= 11 is 0. The van der Waals surface area contributed by atoms with Crippen molar-refractivity contribution < 1.29 is 34.0 Å². The lowest BCUT2D eigenvalue weighted by atomic mass is 10.1. The zero-order chi connectivity index (χ0) is 14.7. The van der Waals surface area contributed by atoms with Gasteiger partial charge in [-0.05, 0) is 12.1 Å². The largest absolute Gasteiger partial charge is 0.487 e. The van der Waals surface area contributed by atoms with E-state index >= 15 is 0 Å². The molecule has 1 heterocycles. The number of carboxylic acid groups (broad SMARTS) is 2. The van der Waals surface area contributed by atoms with E-state index < -0.39 is 30.5 Å². The van der Waals surface area contributed by atoms with Gasteiger partial charge in [-0.25, -0.2) is 0 Å². The van der Waals surface area contributed by atoms with Gasteiger partial charge < -0.3 is 30.2 Å². The highest BCUT2D eigenvalue weighted by molar-refractivity contribution is 5.76. The number of ether oxygens (including phenoxy) is 3. The van der Waals surface area contributed by atoms with Crippen LogP contribution >= 0.6 is 0 Å². The molecule has 0 radical (unpaired) electrons. The van der Waals surface area contributed by atoms with E-state index in [1.54, 1.807) is 6.07 Å². The standard InChI is InChI=1S/C12H13NO7/c13-11(12(16)17)9(4-10(14)15)20-6-1-2-7-8(3-6)19-5-18-7/h1-3,9,11H,4-5,13H2,(H,14,15)(H,16,17). The molecule has 0 amide bonds. The third-order valence-electron chi connectivity index (χ3n) is 2.69. The second kappa shape index (κ2) is 5.66. The highest BCUT2D eigenvalue weighted by Crippen LogP contribution is 2.35. The summed E-state index contributed by atoms with van der Waals surface area (Å²) in [5, 5.41) is 17.6. The van der Waals surface area contributed by atoms with Crippen molar-refractivity contribution in [1.82, 2.24) is 0 Å². The average Bonchev–Trinajstić information content (AvgIpc) is 2.83. The number of carbonyl (C=O) groups is 2. The van der Waals surface area contributed by atoms with E-state index in [1.807, 2.05) is 0 Å². The molecule has 2 rings (SSSR count). The lowest BCUT2D eigenvalue weighted by molar-refractivity contribution is -0.143. The summed E-state index contributed by atoms with van der Waals surface area (Å²) < 4.78 is 15.6. The summed E-state index contributed by atoms with van der Waals surface area (Å²) in [4.78, 5) is 21.6. The Hall–Kier alpha value is -2.48. The van der Waals surface area contributed by atoms with Crippen molar-refractivity contribution in [1.29, 1.82) is 0 Å². The molecule has 4 N–H and O–H groups in total. The average molecular weight is 283 g/mol. The maximum Gasteiger partial charge on any atom is 0.324 e. The highest BCUT2D eigenvalue weighted by Gasteiger charge is 2.29. The molecule has 1 aliphatic heterocycles. The van der Waals surface area contributed by atoms with Crippen LogP contribution in [0.5, 0.6) is 17.2 Å². The number of rotatable bonds is 6. The van der Waals surface area contributed by atoms with Gasteiger partial charge in [0.25, 0.3) is 0 Å². The van der Waals surface area contributed by atoms with E-state index in [1.165, 1.54) is 12.1 Å². The fourth-order valence-electron chi connectivity index (χ4n) is 1.70. The molecular weight excluding hydrogens is 270 g/mol. The molecule has 8 heteroatoms. The molecule has 0 bridgehead atoms. The third-order valence-corrected chi connectivity index (χ3v) is 2.69. The summed E-state index contributed by atoms with van der Waals surface area (Å²) in [6.45, 7) is 0.0893. The van der Waals surface area contributed by atoms with Crippen LogP contribution in [0.4, 0.5) is 0 Å². The molecule has 1 aliphatic rings. The zero-order valence-electron chi connectivity index (χ0n) is 10.3. The van der Waals surface area contributed by atoms with Crippen molar-refractivity contribution in [2.45, 2.75) is 18.6 Å². The first-order chi connectivity index (χ1) is 9.47.